The molecule has 0 unspecified atom stereocenters. The molecule has 4 heterocycles. The van der Waals surface area contributed by atoms with Crippen LogP contribution < -0.4 is 0 Å². The van der Waals surface area contributed by atoms with E-state index in [0.29, 0.717) is 5.82 Å². The number of furan rings is 2. The van der Waals surface area contributed by atoms with Crippen LogP contribution in [-0.2, 0) is 0 Å². The van der Waals surface area contributed by atoms with Crippen molar-refractivity contribution in [2.45, 2.75) is 0 Å². The van der Waals surface area contributed by atoms with Crippen LogP contribution in [0.4, 0.5) is 0 Å². The van der Waals surface area contributed by atoms with Crippen molar-refractivity contribution < 1.29 is 8.83 Å². The Kier molecular flexibility index (Phi) is 6.47. The Morgan fingerprint density at radius 3 is 1.98 bits per heavy atom. The second-order valence-corrected chi connectivity index (χ2v) is 15.1. The van der Waals surface area contributed by atoms with Gasteiger partial charge in [0.25, 0.3) is 0 Å². The number of fused-ring (bicyclic) bond motifs is 11. The Morgan fingerprint density at radius 1 is 0.418 bits per heavy atom. The maximum atomic E-state index is 6.84. The Morgan fingerprint density at radius 2 is 1.11 bits per heavy atom. The molecule has 0 saturated heterocycles. The van der Waals surface area contributed by atoms with E-state index in [1.807, 2.05) is 12.1 Å². The summed E-state index contributed by atoms with van der Waals surface area (Å²) in [5.41, 5.74) is 11.5. The van der Waals surface area contributed by atoms with Crippen molar-refractivity contribution in [2.75, 3.05) is 0 Å². The van der Waals surface area contributed by atoms with Crippen LogP contribution in [-0.4, -0.2) is 9.97 Å². The molecule has 0 bridgehead atoms. The van der Waals surface area contributed by atoms with Gasteiger partial charge >= 0.3 is 0 Å². The maximum absolute atomic E-state index is 6.84. The molecule has 0 amide bonds. The Balaban J connectivity index is 1.15. The van der Waals surface area contributed by atoms with Crippen molar-refractivity contribution in [1.29, 1.82) is 0 Å². The molecule has 5 heteroatoms. The number of rotatable bonds is 4. The zero-order valence-corrected chi connectivity index (χ0v) is 30.1. The standard InChI is InChI=1S/C50H28N2O2S/c1-2-10-29(11-3-1)30-18-20-31(21-19-30)34-26-39-45-35-13-5-4-12-32(35)23-25-42(45)54-48(39)40(27-34)50-51-46(49-47(52-50)38-15-7-9-17-44(38)55-49)33-22-24-37-36-14-6-8-16-41(36)53-43(37)28-33/h1-28H. The highest BCUT2D eigenvalue weighted by Crippen LogP contribution is 2.45. The lowest BCUT2D eigenvalue weighted by Gasteiger charge is -2.11. The highest BCUT2D eigenvalue weighted by Gasteiger charge is 2.22. The van der Waals surface area contributed by atoms with Crippen molar-refractivity contribution >= 4 is 86.3 Å². The first-order valence-electron chi connectivity index (χ1n) is 18.4. The predicted octanol–water partition coefficient (Wildman–Crippen LogP) is 14.5. The summed E-state index contributed by atoms with van der Waals surface area (Å²) in [6, 6.07) is 59.6. The molecule has 0 aliphatic carbocycles. The van der Waals surface area contributed by atoms with Crippen LogP contribution in [0.1, 0.15) is 0 Å². The average Bonchev–Trinajstić information content (AvgIpc) is 3.94. The first kappa shape index (κ1) is 30.4. The summed E-state index contributed by atoms with van der Waals surface area (Å²) in [6.45, 7) is 0. The predicted molar refractivity (Wildman–Crippen MR) is 229 cm³/mol. The van der Waals surface area contributed by atoms with Crippen molar-refractivity contribution in [1.82, 2.24) is 9.97 Å². The zero-order valence-electron chi connectivity index (χ0n) is 29.3. The SMILES string of the molecule is c1ccc(-c2ccc(-c3cc(-c4nc(-c5ccc6c(c5)oc5ccccc56)c5sc6ccccc6c5n4)c4oc5ccc6ccccc6c5c4c3)cc2)cc1. The summed E-state index contributed by atoms with van der Waals surface area (Å²) in [5.74, 6) is 0.617. The van der Waals surface area contributed by atoms with Crippen LogP contribution in [0.3, 0.4) is 0 Å². The summed E-state index contributed by atoms with van der Waals surface area (Å²) in [4.78, 5) is 10.9. The molecule has 8 aromatic carbocycles. The minimum Gasteiger partial charge on any atom is -0.456 e. The van der Waals surface area contributed by atoms with Crippen LogP contribution in [0.15, 0.2) is 179 Å². The van der Waals surface area contributed by atoms with Gasteiger partial charge in [-0.25, -0.2) is 9.97 Å². The molecular formula is C50H28N2O2S. The number of aromatic nitrogens is 2. The molecular weight excluding hydrogens is 693 g/mol. The van der Waals surface area contributed by atoms with Gasteiger partial charge in [0, 0.05) is 37.2 Å². The first-order valence-corrected chi connectivity index (χ1v) is 19.2. The van der Waals surface area contributed by atoms with Crippen LogP contribution >= 0.6 is 11.3 Å². The second kappa shape index (κ2) is 11.7. The van der Waals surface area contributed by atoms with Gasteiger partial charge in [0.15, 0.2) is 5.82 Å². The molecule has 0 saturated carbocycles. The van der Waals surface area contributed by atoms with E-state index in [1.165, 1.54) is 21.2 Å². The molecule has 0 spiro atoms. The molecule has 0 aliphatic rings. The van der Waals surface area contributed by atoms with Gasteiger partial charge in [-0.3, -0.25) is 0 Å². The third-order valence-electron chi connectivity index (χ3n) is 10.9. The van der Waals surface area contributed by atoms with Crippen LogP contribution in [0, 0.1) is 0 Å². The summed E-state index contributed by atoms with van der Waals surface area (Å²) in [7, 11) is 0. The number of hydrogen-bond acceptors (Lipinski definition) is 5. The molecule has 55 heavy (non-hydrogen) atoms. The van der Waals surface area contributed by atoms with E-state index >= 15 is 0 Å². The number of para-hydroxylation sites is 1. The molecule has 0 N–H and O–H groups in total. The lowest BCUT2D eigenvalue weighted by atomic mass is 9.95. The van der Waals surface area contributed by atoms with Crippen LogP contribution in [0.5, 0.6) is 0 Å². The zero-order chi connectivity index (χ0) is 36.0. The Labute approximate surface area is 318 Å². The smallest absolute Gasteiger partial charge is 0.164 e. The fourth-order valence-corrected chi connectivity index (χ4v) is 9.40. The van der Waals surface area contributed by atoms with E-state index < -0.39 is 0 Å². The van der Waals surface area contributed by atoms with Gasteiger partial charge in [-0.1, -0.05) is 127 Å². The summed E-state index contributed by atoms with van der Waals surface area (Å²) >= 11 is 1.73. The summed E-state index contributed by atoms with van der Waals surface area (Å²) < 4.78 is 15.4. The molecule has 256 valence electrons. The highest BCUT2D eigenvalue weighted by molar-refractivity contribution is 7.26. The molecule has 0 aliphatic heterocycles. The molecule has 12 rings (SSSR count). The van der Waals surface area contributed by atoms with Crippen molar-refractivity contribution in [3.05, 3.63) is 170 Å². The molecule has 4 nitrogen and oxygen atoms in total. The van der Waals surface area contributed by atoms with Crippen LogP contribution in [0.25, 0.3) is 120 Å². The van der Waals surface area contributed by atoms with Crippen LogP contribution in [0.2, 0.25) is 0 Å². The van der Waals surface area contributed by atoms with E-state index in [9.17, 15) is 0 Å². The minimum absolute atomic E-state index is 0.617. The van der Waals surface area contributed by atoms with Gasteiger partial charge in [0.2, 0.25) is 0 Å². The van der Waals surface area contributed by atoms with Gasteiger partial charge < -0.3 is 8.83 Å². The molecule has 12 aromatic rings. The van der Waals surface area contributed by atoms with Gasteiger partial charge in [0.1, 0.15) is 22.3 Å². The number of nitrogens with zero attached hydrogens (tertiary/aromatic N) is 2. The largest absolute Gasteiger partial charge is 0.456 e. The van der Waals surface area contributed by atoms with E-state index in [2.05, 4.69) is 158 Å². The Hall–Kier alpha value is -7.08. The van der Waals surface area contributed by atoms with Gasteiger partial charge in [0.05, 0.1) is 21.5 Å². The molecule has 0 radical (unpaired) electrons. The third kappa shape index (κ3) is 4.70. The summed E-state index contributed by atoms with van der Waals surface area (Å²) in [5, 5.41) is 7.75. The van der Waals surface area contributed by atoms with Gasteiger partial charge in [-0.05, 0) is 75.5 Å². The van der Waals surface area contributed by atoms with E-state index in [0.717, 1.165) is 92.8 Å². The minimum atomic E-state index is 0.617. The van der Waals surface area contributed by atoms with E-state index in [-0.39, 0.29) is 0 Å². The molecule has 0 atom stereocenters. The number of hydrogen-bond donors (Lipinski definition) is 0. The fraction of sp³-hybridized carbons (Fsp3) is 0. The fourth-order valence-electron chi connectivity index (χ4n) is 8.25. The third-order valence-corrected chi connectivity index (χ3v) is 12.1. The average molecular weight is 721 g/mol. The van der Waals surface area contributed by atoms with Gasteiger partial charge in [-0.2, -0.15) is 0 Å². The first-order chi connectivity index (χ1) is 27.2. The van der Waals surface area contributed by atoms with Crippen molar-refractivity contribution in [2.24, 2.45) is 0 Å². The van der Waals surface area contributed by atoms with E-state index in [1.54, 1.807) is 11.3 Å². The quantitative estimate of drug-likeness (QED) is 0.182. The maximum Gasteiger partial charge on any atom is 0.164 e. The van der Waals surface area contributed by atoms with E-state index in [4.69, 9.17) is 18.8 Å². The number of thiophene rings is 1. The lowest BCUT2D eigenvalue weighted by Crippen LogP contribution is -1.95. The Bertz CT molecular complexity index is 3480. The highest BCUT2D eigenvalue weighted by atomic mass is 32.1. The lowest BCUT2D eigenvalue weighted by molar-refractivity contribution is 0.669. The van der Waals surface area contributed by atoms with Crippen molar-refractivity contribution in [3.63, 3.8) is 0 Å². The molecule has 4 aromatic heterocycles. The summed E-state index contributed by atoms with van der Waals surface area (Å²) in [6.07, 6.45) is 0. The molecule has 0 fully saturated rings. The monoisotopic (exact) mass is 720 g/mol. The number of benzene rings is 8. The van der Waals surface area contributed by atoms with Gasteiger partial charge in [-0.15, -0.1) is 11.3 Å². The topological polar surface area (TPSA) is 52.1 Å². The van der Waals surface area contributed by atoms with Crippen molar-refractivity contribution in [3.8, 4) is 44.9 Å². The normalized spacial score (nSPS) is 12.0. The second-order valence-electron chi connectivity index (χ2n) is 14.1.